The summed E-state index contributed by atoms with van der Waals surface area (Å²) in [7, 11) is 0. The molecule has 1 aromatic heterocycles. The summed E-state index contributed by atoms with van der Waals surface area (Å²) in [5.41, 5.74) is 4.57. The number of benzene rings is 3. The Labute approximate surface area is 224 Å². The molecule has 6 rings (SSSR count). The SMILES string of the molecule is Cc1ccc(N(C(=O)c2csc3ccccc23)C2CCN([C@@H]3CCCC[C@@H]3c3ccccc3)CC2)cc1. The van der Waals surface area contributed by atoms with Crippen LogP contribution in [0.15, 0.2) is 84.2 Å². The minimum absolute atomic E-state index is 0.139. The predicted molar refractivity (Wildman–Crippen MR) is 156 cm³/mol. The lowest BCUT2D eigenvalue weighted by atomic mass is 9.78. The zero-order valence-corrected chi connectivity index (χ0v) is 22.5. The summed E-state index contributed by atoms with van der Waals surface area (Å²) in [5, 5.41) is 3.12. The van der Waals surface area contributed by atoms with E-state index in [1.165, 1.54) is 41.5 Å². The predicted octanol–water partition coefficient (Wildman–Crippen LogP) is 8.05. The summed E-state index contributed by atoms with van der Waals surface area (Å²) >= 11 is 1.67. The highest BCUT2D eigenvalue weighted by atomic mass is 32.1. The van der Waals surface area contributed by atoms with Gasteiger partial charge in [-0.25, -0.2) is 0 Å². The number of hydrogen-bond donors (Lipinski definition) is 0. The third-order valence-corrected chi connectivity index (χ3v) is 9.50. The van der Waals surface area contributed by atoms with Crippen LogP contribution in [0.5, 0.6) is 0 Å². The molecule has 1 saturated heterocycles. The lowest BCUT2D eigenvalue weighted by Gasteiger charge is -2.45. The molecule has 0 N–H and O–H groups in total. The van der Waals surface area contributed by atoms with Crippen LogP contribution in [0, 0.1) is 6.92 Å². The molecule has 0 radical (unpaired) electrons. The average Bonchev–Trinajstić information content (AvgIpc) is 3.39. The van der Waals surface area contributed by atoms with Crippen molar-refractivity contribution in [1.29, 1.82) is 0 Å². The third kappa shape index (κ3) is 4.97. The Hall–Kier alpha value is -2.95. The van der Waals surface area contributed by atoms with Crippen molar-refractivity contribution in [2.45, 2.75) is 63.5 Å². The van der Waals surface area contributed by atoms with E-state index in [0.29, 0.717) is 12.0 Å². The van der Waals surface area contributed by atoms with Gasteiger partial charge in [-0.05, 0) is 62.3 Å². The highest BCUT2D eigenvalue weighted by molar-refractivity contribution is 7.17. The van der Waals surface area contributed by atoms with Crippen LogP contribution in [-0.2, 0) is 0 Å². The number of aryl methyl sites for hydroxylation is 1. The maximum absolute atomic E-state index is 14.1. The van der Waals surface area contributed by atoms with E-state index in [9.17, 15) is 4.79 Å². The zero-order valence-electron chi connectivity index (χ0n) is 21.7. The molecule has 190 valence electrons. The fourth-order valence-corrected chi connectivity index (χ4v) is 7.52. The van der Waals surface area contributed by atoms with Gasteiger partial charge >= 0.3 is 0 Å². The molecule has 1 saturated carbocycles. The zero-order chi connectivity index (χ0) is 25.2. The number of carbonyl (C=O) groups excluding carboxylic acids is 1. The monoisotopic (exact) mass is 508 g/mol. The number of nitrogens with zero attached hydrogens (tertiary/aromatic N) is 2. The smallest absolute Gasteiger partial charge is 0.260 e. The molecule has 1 aliphatic heterocycles. The van der Waals surface area contributed by atoms with Crippen molar-refractivity contribution >= 4 is 33.0 Å². The minimum Gasteiger partial charge on any atom is -0.305 e. The Balaban J connectivity index is 1.25. The molecule has 3 nitrogen and oxygen atoms in total. The van der Waals surface area contributed by atoms with Crippen molar-refractivity contribution in [3.63, 3.8) is 0 Å². The minimum atomic E-state index is 0.139. The van der Waals surface area contributed by atoms with Crippen molar-refractivity contribution in [3.05, 3.63) is 101 Å². The molecule has 2 heterocycles. The van der Waals surface area contributed by atoms with E-state index in [2.05, 4.69) is 94.9 Å². The fourth-order valence-electron chi connectivity index (χ4n) is 6.59. The van der Waals surface area contributed by atoms with Gasteiger partial charge in [0.15, 0.2) is 0 Å². The van der Waals surface area contributed by atoms with Crippen LogP contribution in [-0.4, -0.2) is 36.0 Å². The first-order valence-electron chi connectivity index (χ1n) is 13.8. The van der Waals surface area contributed by atoms with E-state index in [1.54, 1.807) is 11.3 Å². The molecule has 4 aromatic rings. The molecule has 3 aromatic carbocycles. The molecule has 1 aliphatic carbocycles. The number of rotatable bonds is 5. The number of hydrogen-bond acceptors (Lipinski definition) is 3. The molecule has 2 fully saturated rings. The molecule has 1 amide bonds. The van der Waals surface area contributed by atoms with Crippen LogP contribution in [0.4, 0.5) is 5.69 Å². The summed E-state index contributed by atoms with van der Waals surface area (Å²) < 4.78 is 1.17. The van der Waals surface area contributed by atoms with Gasteiger partial charge in [0.05, 0.1) is 5.56 Å². The Morgan fingerprint density at radius 3 is 2.32 bits per heavy atom. The van der Waals surface area contributed by atoms with Crippen LogP contribution in [0.2, 0.25) is 0 Å². The summed E-state index contributed by atoms with van der Waals surface area (Å²) in [6.45, 7) is 4.21. The van der Waals surface area contributed by atoms with Crippen molar-refractivity contribution in [2.75, 3.05) is 18.0 Å². The largest absolute Gasteiger partial charge is 0.305 e. The van der Waals surface area contributed by atoms with Crippen molar-refractivity contribution < 1.29 is 4.79 Å². The van der Waals surface area contributed by atoms with E-state index < -0.39 is 0 Å². The fraction of sp³-hybridized carbons (Fsp3) is 0.364. The van der Waals surface area contributed by atoms with E-state index in [-0.39, 0.29) is 11.9 Å². The molecule has 2 aliphatic rings. The van der Waals surface area contributed by atoms with Gasteiger partial charge in [-0.2, -0.15) is 0 Å². The lowest BCUT2D eigenvalue weighted by molar-refractivity contribution is 0.0896. The van der Waals surface area contributed by atoms with Gasteiger partial charge in [0.1, 0.15) is 0 Å². The standard InChI is InChI=1S/C33H36N2OS/c1-24-15-17-26(18-16-24)35(33(36)30-23-37-32-14-8-6-12-29(30)32)27-19-21-34(22-20-27)31-13-7-5-11-28(31)25-9-3-2-4-10-25/h2-4,6,8-10,12,14-18,23,27-28,31H,5,7,11,13,19-22H2,1H3/t28-,31-/m1/s1. The average molecular weight is 509 g/mol. The van der Waals surface area contributed by atoms with Gasteiger partial charge in [-0.1, -0.05) is 79.1 Å². The Bertz CT molecular complexity index is 1340. The first-order valence-corrected chi connectivity index (χ1v) is 14.7. The van der Waals surface area contributed by atoms with Gasteiger partial charge in [0.2, 0.25) is 0 Å². The van der Waals surface area contributed by atoms with Gasteiger partial charge < -0.3 is 4.90 Å². The normalized spacial score (nSPS) is 21.2. The van der Waals surface area contributed by atoms with Crippen LogP contribution in [0.1, 0.15) is 65.9 Å². The second-order valence-electron chi connectivity index (χ2n) is 10.8. The quantitative estimate of drug-likeness (QED) is 0.272. The molecular formula is C33H36N2OS. The van der Waals surface area contributed by atoms with E-state index in [1.807, 2.05) is 6.07 Å². The first kappa shape index (κ1) is 24.4. The van der Waals surface area contributed by atoms with Crippen LogP contribution < -0.4 is 4.90 Å². The summed E-state index contributed by atoms with van der Waals surface area (Å²) in [5.74, 6) is 0.762. The molecular weight excluding hydrogens is 472 g/mol. The number of anilines is 1. The topological polar surface area (TPSA) is 23.6 Å². The highest BCUT2D eigenvalue weighted by Gasteiger charge is 2.36. The van der Waals surface area contributed by atoms with Crippen LogP contribution in [0.3, 0.4) is 0 Å². The summed E-state index contributed by atoms with van der Waals surface area (Å²) in [6.07, 6.45) is 7.25. The van der Waals surface area contributed by atoms with Crippen LogP contribution >= 0.6 is 11.3 Å². The molecule has 0 spiro atoms. The third-order valence-electron chi connectivity index (χ3n) is 8.53. The van der Waals surface area contributed by atoms with Gasteiger partial charge in [0, 0.05) is 46.3 Å². The van der Waals surface area contributed by atoms with E-state index >= 15 is 0 Å². The number of thiophene rings is 1. The van der Waals surface area contributed by atoms with E-state index in [4.69, 9.17) is 0 Å². The Morgan fingerprint density at radius 1 is 0.838 bits per heavy atom. The van der Waals surface area contributed by atoms with Gasteiger partial charge in [-0.3, -0.25) is 9.69 Å². The number of amides is 1. The van der Waals surface area contributed by atoms with Gasteiger partial charge in [0.25, 0.3) is 5.91 Å². The maximum atomic E-state index is 14.1. The van der Waals surface area contributed by atoms with Crippen LogP contribution in [0.25, 0.3) is 10.1 Å². The van der Waals surface area contributed by atoms with Crippen molar-refractivity contribution in [1.82, 2.24) is 4.90 Å². The molecule has 2 atom stereocenters. The second kappa shape index (κ2) is 10.8. The highest BCUT2D eigenvalue weighted by Crippen LogP contribution is 2.38. The number of carbonyl (C=O) groups is 1. The summed E-state index contributed by atoms with van der Waals surface area (Å²) in [4.78, 5) is 19.0. The lowest BCUT2D eigenvalue weighted by Crippen LogP contribution is -2.51. The number of fused-ring (bicyclic) bond motifs is 1. The van der Waals surface area contributed by atoms with E-state index in [0.717, 1.165) is 42.6 Å². The number of piperidine rings is 1. The second-order valence-corrected chi connectivity index (χ2v) is 11.7. The molecule has 37 heavy (non-hydrogen) atoms. The maximum Gasteiger partial charge on any atom is 0.260 e. The van der Waals surface area contributed by atoms with Crippen molar-refractivity contribution in [2.24, 2.45) is 0 Å². The Morgan fingerprint density at radius 2 is 1.54 bits per heavy atom. The van der Waals surface area contributed by atoms with Crippen molar-refractivity contribution in [3.8, 4) is 0 Å². The summed E-state index contributed by atoms with van der Waals surface area (Å²) in [6, 6.07) is 28.7. The first-order chi connectivity index (χ1) is 18.2. The van der Waals surface area contributed by atoms with Gasteiger partial charge in [-0.15, -0.1) is 11.3 Å². The molecule has 0 unspecified atom stereocenters. The molecule has 4 heteroatoms. The molecule has 0 bridgehead atoms. The Kier molecular flexibility index (Phi) is 7.12. The number of likely N-dealkylation sites (tertiary alicyclic amines) is 1.